The van der Waals surface area contributed by atoms with E-state index in [1.165, 1.54) is 0 Å². The van der Waals surface area contributed by atoms with Gasteiger partial charge in [0.25, 0.3) is 5.91 Å². The van der Waals surface area contributed by atoms with E-state index in [2.05, 4.69) is 22.5 Å². The fourth-order valence-electron chi connectivity index (χ4n) is 3.27. The summed E-state index contributed by atoms with van der Waals surface area (Å²) in [6, 6.07) is 8.30. The van der Waals surface area contributed by atoms with Gasteiger partial charge in [-0.15, -0.1) is 0 Å². The summed E-state index contributed by atoms with van der Waals surface area (Å²) in [6.07, 6.45) is 1.72. The van der Waals surface area contributed by atoms with Gasteiger partial charge in [0.1, 0.15) is 16.8 Å². The maximum atomic E-state index is 13.6. The topological polar surface area (TPSA) is 53.5 Å². The van der Waals surface area contributed by atoms with Gasteiger partial charge in [-0.3, -0.25) is 4.79 Å². The average molecular weight is 480 g/mol. The van der Waals surface area contributed by atoms with E-state index in [0.29, 0.717) is 28.8 Å². The third-order valence-electron chi connectivity index (χ3n) is 4.93. The van der Waals surface area contributed by atoms with Gasteiger partial charge in [-0.1, -0.05) is 36.7 Å². The highest BCUT2D eigenvalue weighted by Crippen LogP contribution is 2.30. The molecule has 9 heteroatoms. The lowest BCUT2D eigenvalue weighted by molar-refractivity contribution is -0.137. The minimum absolute atomic E-state index is 0.220. The standard InChI is InChI=1S/C24H22ClF4N3O/c1-14-5-3-8-21(25)32-22(9-14)30-15(2)16-6-4-7-20(12-16)31-23(33)17-10-18(24(27,28)29)13-19(26)11-17/h3-4,6-15,30H,5H2,1-2H3,(H,31,33)/b8-3+,22-9-,32-21+/t14?,15-/m0/s1. The summed E-state index contributed by atoms with van der Waals surface area (Å²) in [5, 5.41) is 6.15. The number of allylic oxidation sites excluding steroid dienone is 3. The Labute approximate surface area is 194 Å². The van der Waals surface area contributed by atoms with Crippen molar-refractivity contribution in [3.63, 3.8) is 0 Å². The molecule has 2 atom stereocenters. The predicted octanol–water partition coefficient (Wildman–Crippen LogP) is 6.82. The van der Waals surface area contributed by atoms with Crippen LogP contribution in [-0.2, 0) is 6.18 Å². The summed E-state index contributed by atoms with van der Waals surface area (Å²) in [6.45, 7) is 3.95. The quantitative estimate of drug-likeness (QED) is 0.462. The van der Waals surface area contributed by atoms with E-state index >= 15 is 0 Å². The number of nitrogens with zero attached hydrogens (tertiary/aromatic N) is 1. The average Bonchev–Trinajstić information content (AvgIpc) is 2.71. The van der Waals surface area contributed by atoms with Crippen molar-refractivity contribution in [3.8, 4) is 0 Å². The second-order valence-corrected chi connectivity index (χ2v) is 8.16. The Balaban J connectivity index is 1.76. The molecule has 0 fully saturated rings. The maximum Gasteiger partial charge on any atom is 0.416 e. The lowest BCUT2D eigenvalue weighted by atomic mass is 10.1. The Morgan fingerprint density at radius 1 is 1.21 bits per heavy atom. The van der Waals surface area contributed by atoms with Gasteiger partial charge in [0.2, 0.25) is 0 Å². The first kappa shape index (κ1) is 24.5. The van der Waals surface area contributed by atoms with Crippen LogP contribution in [-0.4, -0.2) is 11.1 Å². The molecule has 0 saturated carbocycles. The SMILES string of the molecule is CC1\C=C(N[C@@H](C)c2cccc(NC(=O)c3cc(F)cc(C(F)(F)F)c3)c2)/N=C(Cl)\C=C\C1. The molecule has 2 aromatic rings. The molecule has 3 rings (SSSR count). The van der Waals surface area contributed by atoms with Crippen molar-refractivity contribution in [2.24, 2.45) is 10.9 Å². The zero-order chi connectivity index (χ0) is 24.2. The summed E-state index contributed by atoms with van der Waals surface area (Å²) < 4.78 is 52.5. The van der Waals surface area contributed by atoms with Gasteiger partial charge < -0.3 is 10.6 Å². The van der Waals surface area contributed by atoms with E-state index < -0.39 is 29.0 Å². The first-order chi connectivity index (χ1) is 15.5. The fraction of sp³-hybridized carbons (Fsp3) is 0.250. The van der Waals surface area contributed by atoms with Crippen LogP contribution in [0.3, 0.4) is 0 Å². The number of carbonyl (C=O) groups excluding carboxylic acids is 1. The molecule has 1 heterocycles. The fourth-order valence-corrected chi connectivity index (χ4v) is 3.45. The van der Waals surface area contributed by atoms with Crippen molar-refractivity contribution in [2.75, 3.05) is 5.32 Å². The Morgan fingerprint density at radius 3 is 2.70 bits per heavy atom. The summed E-state index contributed by atoms with van der Waals surface area (Å²) in [5.41, 5.74) is -0.506. The van der Waals surface area contributed by atoms with Crippen LogP contribution in [0, 0.1) is 11.7 Å². The van der Waals surface area contributed by atoms with Crippen LogP contribution >= 0.6 is 11.6 Å². The summed E-state index contributed by atoms with van der Waals surface area (Å²) in [7, 11) is 0. The second-order valence-electron chi connectivity index (χ2n) is 7.77. The van der Waals surface area contributed by atoms with E-state index in [0.717, 1.165) is 18.1 Å². The third kappa shape index (κ3) is 6.92. The smallest absolute Gasteiger partial charge is 0.364 e. The summed E-state index contributed by atoms with van der Waals surface area (Å²) >= 11 is 6.09. The molecule has 0 radical (unpaired) electrons. The van der Waals surface area contributed by atoms with E-state index in [4.69, 9.17) is 11.6 Å². The molecule has 1 aliphatic heterocycles. The van der Waals surface area contributed by atoms with Crippen LogP contribution in [0.5, 0.6) is 0 Å². The highest BCUT2D eigenvalue weighted by atomic mass is 35.5. The number of alkyl halides is 3. The number of aliphatic imine (C=N–C) groups is 1. The molecule has 0 aliphatic carbocycles. The zero-order valence-corrected chi connectivity index (χ0v) is 18.6. The number of hydrogen-bond acceptors (Lipinski definition) is 3. The summed E-state index contributed by atoms with van der Waals surface area (Å²) in [5.74, 6) is -1.13. The van der Waals surface area contributed by atoms with Gasteiger partial charge in [0.15, 0.2) is 0 Å². The van der Waals surface area contributed by atoms with Gasteiger partial charge in [-0.05, 0) is 67.3 Å². The van der Waals surface area contributed by atoms with Crippen molar-refractivity contribution in [3.05, 3.63) is 89.0 Å². The third-order valence-corrected chi connectivity index (χ3v) is 5.14. The van der Waals surface area contributed by atoms with E-state index in [1.807, 2.05) is 25.1 Å². The number of nitrogens with one attached hydrogen (secondary N) is 2. The molecule has 1 unspecified atom stereocenters. The minimum atomic E-state index is -4.76. The number of amides is 1. The molecule has 2 aromatic carbocycles. The summed E-state index contributed by atoms with van der Waals surface area (Å²) in [4.78, 5) is 16.8. The zero-order valence-electron chi connectivity index (χ0n) is 17.9. The Morgan fingerprint density at radius 2 is 1.97 bits per heavy atom. The number of benzene rings is 2. The Bertz CT molecular complexity index is 1120. The van der Waals surface area contributed by atoms with Gasteiger partial charge in [-0.2, -0.15) is 13.2 Å². The first-order valence-corrected chi connectivity index (χ1v) is 10.6. The highest BCUT2D eigenvalue weighted by Gasteiger charge is 2.32. The molecule has 0 saturated heterocycles. The van der Waals surface area contributed by atoms with Crippen LogP contribution in [0.2, 0.25) is 0 Å². The molecule has 4 nitrogen and oxygen atoms in total. The number of hydrogen-bond donors (Lipinski definition) is 2. The van der Waals surface area contributed by atoms with E-state index in [9.17, 15) is 22.4 Å². The van der Waals surface area contributed by atoms with Crippen molar-refractivity contribution in [2.45, 2.75) is 32.5 Å². The van der Waals surface area contributed by atoms with Crippen molar-refractivity contribution >= 4 is 28.4 Å². The van der Waals surface area contributed by atoms with E-state index in [1.54, 1.807) is 24.3 Å². The number of anilines is 1. The van der Waals surface area contributed by atoms with Gasteiger partial charge in [0, 0.05) is 11.3 Å². The molecule has 1 aliphatic rings. The molecule has 33 heavy (non-hydrogen) atoms. The van der Waals surface area contributed by atoms with Crippen LogP contribution in [0.4, 0.5) is 23.2 Å². The Hall–Kier alpha value is -3.13. The van der Waals surface area contributed by atoms with Crippen LogP contribution in [0.25, 0.3) is 0 Å². The monoisotopic (exact) mass is 479 g/mol. The number of halogens is 5. The van der Waals surface area contributed by atoms with Crippen molar-refractivity contribution < 1.29 is 22.4 Å². The van der Waals surface area contributed by atoms with Gasteiger partial charge >= 0.3 is 6.18 Å². The van der Waals surface area contributed by atoms with Crippen LogP contribution in [0.15, 0.2) is 71.5 Å². The molecule has 1 amide bonds. The van der Waals surface area contributed by atoms with Crippen LogP contribution < -0.4 is 10.6 Å². The molecule has 174 valence electrons. The predicted molar refractivity (Wildman–Crippen MR) is 122 cm³/mol. The van der Waals surface area contributed by atoms with Crippen LogP contribution in [0.1, 0.15) is 47.8 Å². The molecule has 2 N–H and O–H groups in total. The van der Waals surface area contributed by atoms with Crippen molar-refractivity contribution in [1.29, 1.82) is 0 Å². The highest BCUT2D eigenvalue weighted by molar-refractivity contribution is 6.68. The first-order valence-electron chi connectivity index (χ1n) is 10.2. The molecular weight excluding hydrogens is 458 g/mol. The largest absolute Gasteiger partial charge is 0.416 e. The van der Waals surface area contributed by atoms with E-state index in [-0.39, 0.29) is 12.0 Å². The normalized spacial score (nSPS) is 21.5. The second kappa shape index (κ2) is 10.2. The number of carbonyl (C=O) groups is 1. The van der Waals surface area contributed by atoms with Gasteiger partial charge in [-0.25, -0.2) is 9.38 Å². The maximum absolute atomic E-state index is 13.6. The number of rotatable bonds is 5. The molecule has 0 bridgehead atoms. The molecule has 0 spiro atoms. The lowest BCUT2D eigenvalue weighted by Crippen LogP contribution is -2.19. The minimum Gasteiger partial charge on any atom is -0.364 e. The Kier molecular flexibility index (Phi) is 7.58. The molecule has 0 aromatic heterocycles. The van der Waals surface area contributed by atoms with Gasteiger partial charge in [0.05, 0.1) is 11.6 Å². The lowest BCUT2D eigenvalue weighted by Gasteiger charge is -2.19. The van der Waals surface area contributed by atoms with Crippen molar-refractivity contribution in [1.82, 2.24) is 5.32 Å². The molecular formula is C24H22ClF4N3O.